The molecule has 174 valence electrons. The molecule has 3 heterocycles. The van der Waals surface area contributed by atoms with Gasteiger partial charge in [0.05, 0.1) is 12.1 Å². The minimum absolute atomic E-state index is 0.0515. The molecule has 5 rings (SSSR count). The first-order valence-electron chi connectivity index (χ1n) is 11.6. The molecule has 4 aromatic rings. The number of rotatable bonds is 6. The number of aromatic nitrogens is 3. The Balaban J connectivity index is 1.27. The number of carbonyl (C=O) groups excluding carboxylic acids is 1. The van der Waals surface area contributed by atoms with E-state index in [-0.39, 0.29) is 23.1 Å². The van der Waals surface area contributed by atoms with Crippen LogP contribution in [0.25, 0.3) is 5.78 Å². The Kier molecular flexibility index (Phi) is 6.11. The number of aryl methyl sites for hydroxylation is 1. The van der Waals surface area contributed by atoms with Gasteiger partial charge >= 0.3 is 0 Å². The van der Waals surface area contributed by atoms with Crippen molar-refractivity contribution in [2.24, 2.45) is 5.92 Å². The van der Waals surface area contributed by atoms with Gasteiger partial charge in [-0.3, -0.25) is 18.9 Å². The number of hydrogen-bond acceptors (Lipinski definition) is 4. The Morgan fingerprint density at radius 1 is 1.03 bits per heavy atom. The van der Waals surface area contributed by atoms with Crippen LogP contribution in [0.2, 0.25) is 0 Å². The van der Waals surface area contributed by atoms with Gasteiger partial charge in [-0.1, -0.05) is 30.3 Å². The third kappa shape index (κ3) is 4.43. The lowest BCUT2D eigenvalue weighted by Gasteiger charge is -2.31. The second kappa shape index (κ2) is 9.35. The Morgan fingerprint density at radius 2 is 1.74 bits per heavy atom. The number of benzene rings is 2. The molecule has 0 amide bonds. The van der Waals surface area contributed by atoms with E-state index in [1.54, 1.807) is 22.7 Å². The quantitative estimate of drug-likeness (QED) is 0.409. The van der Waals surface area contributed by atoms with Crippen LogP contribution in [0, 0.1) is 18.7 Å². The van der Waals surface area contributed by atoms with Crippen LogP contribution in [0.3, 0.4) is 0 Å². The van der Waals surface area contributed by atoms with Crippen molar-refractivity contribution in [2.75, 3.05) is 13.1 Å². The first-order valence-corrected chi connectivity index (χ1v) is 11.6. The van der Waals surface area contributed by atoms with Crippen molar-refractivity contribution in [1.82, 2.24) is 18.9 Å². The average Bonchev–Trinajstić information content (AvgIpc) is 3.18. The number of likely N-dealkylation sites (tertiary alicyclic amines) is 1. The lowest BCUT2D eigenvalue weighted by Crippen LogP contribution is -2.37. The van der Waals surface area contributed by atoms with Crippen molar-refractivity contribution in [3.63, 3.8) is 0 Å². The van der Waals surface area contributed by atoms with Gasteiger partial charge in [0.15, 0.2) is 5.78 Å². The van der Waals surface area contributed by atoms with E-state index in [4.69, 9.17) is 0 Å². The van der Waals surface area contributed by atoms with Crippen molar-refractivity contribution in [2.45, 2.75) is 32.9 Å². The summed E-state index contributed by atoms with van der Waals surface area (Å²) in [6.45, 7) is 4.61. The number of carbonyl (C=O) groups is 1. The predicted octanol–water partition coefficient (Wildman–Crippen LogP) is 4.09. The van der Waals surface area contributed by atoms with Gasteiger partial charge in [-0.05, 0) is 62.7 Å². The maximum absolute atomic E-state index is 13.2. The number of imidazole rings is 1. The molecule has 0 spiro atoms. The number of Topliss-reactive ketones (excluding diaryl/α,β-unsaturated/α-hetero) is 1. The van der Waals surface area contributed by atoms with Gasteiger partial charge < -0.3 is 4.57 Å². The smallest absolute Gasteiger partial charge is 0.263 e. The summed E-state index contributed by atoms with van der Waals surface area (Å²) in [4.78, 5) is 32.8. The zero-order chi connectivity index (χ0) is 23.7. The Morgan fingerprint density at radius 3 is 2.44 bits per heavy atom. The fourth-order valence-electron chi connectivity index (χ4n) is 4.74. The molecule has 0 saturated carbocycles. The Hall–Kier alpha value is -3.58. The summed E-state index contributed by atoms with van der Waals surface area (Å²) in [5, 5.41) is 0. The minimum Gasteiger partial charge on any atom is -0.310 e. The average molecular weight is 459 g/mol. The highest BCUT2D eigenvalue weighted by Gasteiger charge is 2.26. The van der Waals surface area contributed by atoms with Crippen LogP contribution in [0.5, 0.6) is 0 Å². The van der Waals surface area contributed by atoms with Gasteiger partial charge in [-0.25, -0.2) is 9.37 Å². The van der Waals surface area contributed by atoms with Crippen LogP contribution in [0.15, 0.2) is 71.8 Å². The predicted molar refractivity (Wildman–Crippen MR) is 128 cm³/mol. The number of piperidine rings is 1. The van der Waals surface area contributed by atoms with Crippen LogP contribution in [-0.4, -0.2) is 37.7 Å². The second-order valence-corrected chi connectivity index (χ2v) is 9.02. The van der Waals surface area contributed by atoms with Gasteiger partial charge in [0.25, 0.3) is 5.56 Å². The van der Waals surface area contributed by atoms with Crippen LogP contribution >= 0.6 is 0 Å². The summed E-state index contributed by atoms with van der Waals surface area (Å²) in [6, 6.07) is 15.9. The van der Waals surface area contributed by atoms with E-state index in [1.807, 2.05) is 35.9 Å². The molecule has 34 heavy (non-hydrogen) atoms. The summed E-state index contributed by atoms with van der Waals surface area (Å²) in [5.74, 6) is 0.295. The molecule has 1 aliphatic heterocycles. The monoisotopic (exact) mass is 458 g/mol. The SMILES string of the molecule is Cc1cn2c(=O)c(CN3CCC(C(=O)c4ccc(F)cc4)CC3)cnc2n1Cc1ccccc1. The molecule has 6 nitrogen and oxygen atoms in total. The largest absolute Gasteiger partial charge is 0.310 e. The molecule has 0 N–H and O–H groups in total. The maximum Gasteiger partial charge on any atom is 0.263 e. The molecule has 0 unspecified atom stereocenters. The van der Waals surface area contributed by atoms with Gasteiger partial charge in [-0.15, -0.1) is 0 Å². The van der Waals surface area contributed by atoms with Gasteiger partial charge in [0, 0.05) is 36.1 Å². The summed E-state index contributed by atoms with van der Waals surface area (Å²) >= 11 is 0. The summed E-state index contributed by atoms with van der Waals surface area (Å²) in [5.41, 5.74) is 3.29. The van der Waals surface area contributed by atoms with Crippen molar-refractivity contribution >= 4 is 11.6 Å². The topological polar surface area (TPSA) is 59.6 Å². The molecule has 1 aliphatic rings. The summed E-state index contributed by atoms with van der Waals surface area (Å²) in [6.07, 6.45) is 4.98. The van der Waals surface area contributed by atoms with Crippen LogP contribution < -0.4 is 5.56 Å². The van der Waals surface area contributed by atoms with E-state index >= 15 is 0 Å². The third-order valence-corrected chi connectivity index (χ3v) is 6.69. The maximum atomic E-state index is 13.2. The molecule has 2 aromatic carbocycles. The highest BCUT2D eigenvalue weighted by Crippen LogP contribution is 2.23. The molecule has 7 heteroatoms. The first kappa shape index (κ1) is 22.2. The molecule has 0 bridgehead atoms. The number of fused-ring (bicyclic) bond motifs is 1. The number of halogens is 1. The second-order valence-electron chi connectivity index (χ2n) is 9.02. The van der Waals surface area contributed by atoms with Crippen molar-refractivity contribution in [3.8, 4) is 0 Å². The van der Waals surface area contributed by atoms with E-state index in [2.05, 4.69) is 22.0 Å². The zero-order valence-corrected chi connectivity index (χ0v) is 19.2. The minimum atomic E-state index is -0.339. The van der Waals surface area contributed by atoms with E-state index in [0.29, 0.717) is 30.0 Å². The summed E-state index contributed by atoms with van der Waals surface area (Å²) < 4.78 is 16.8. The highest BCUT2D eigenvalue weighted by molar-refractivity contribution is 5.97. The van der Waals surface area contributed by atoms with Crippen LogP contribution in [0.4, 0.5) is 4.39 Å². The molecular weight excluding hydrogens is 431 g/mol. The zero-order valence-electron chi connectivity index (χ0n) is 19.2. The molecule has 0 aliphatic carbocycles. The van der Waals surface area contributed by atoms with Crippen molar-refractivity contribution in [3.05, 3.63) is 106 Å². The molecule has 0 atom stereocenters. The Labute approximate surface area is 197 Å². The fourth-order valence-corrected chi connectivity index (χ4v) is 4.74. The lowest BCUT2D eigenvalue weighted by molar-refractivity contribution is 0.0834. The van der Waals surface area contributed by atoms with Crippen LogP contribution in [-0.2, 0) is 13.1 Å². The lowest BCUT2D eigenvalue weighted by atomic mass is 9.89. The van der Waals surface area contributed by atoms with Gasteiger partial charge in [0.1, 0.15) is 5.82 Å². The normalized spacial score (nSPS) is 15.1. The fraction of sp³-hybridized carbons (Fsp3) is 0.296. The Bertz CT molecular complexity index is 1370. The van der Waals surface area contributed by atoms with E-state index < -0.39 is 0 Å². The van der Waals surface area contributed by atoms with Crippen molar-refractivity contribution < 1.29 is 9.18 Å². The number of hydrogen-bond donors (Lipinski definition) is 0. The molecule has 0 radical (unpaired) electrons. The highest BCUT2D eigenvalue weighted by atomic mass is 19.1. The van der Waals surface area contributed by atoms with Gasteiger partial charge in [-0.2, -0.15) is 0 Å². The standard InChI is InChI=1S/C27H27FN4O2/c1-19-16-32-26(34)23(15-29-27(32)31(19)17-20-5-3-2-4-6-20)18-30-13-11-22(12-14-30)25(33)21-7-9-24(28)10-8-21/h2-10,15-16,22H,11-14,17-18H2,1H3. The first-order chi connectivity index (χ1) is 16.5. The molecular formula is C27H27FN4O2. The number of ketones is 1. The molecule has 1 fully saturated rings. The third-order valence-electron chi connectivity index (χ3n) is 6.69. The number of nitrogens with zero attached hydrogens (tertiary/aromatic N) is 4. The van der Waals surface area contributed by atoms with Crippen molar-refractivity contribution in [1.29, 1.82) is 0 Å². The summed E-state index contributed by atoms with van der Waals surface area (Å²) in [7, 11) is 0. The molecule has 2 aromatic heterocycles. The van der Waals surface area contributed by atoms with E-state index in [0.717, 1.165) is 37.2 Å². The van der Waals surface area contributed by atoms with E-state index in [1.165, 1.54) is 12.1 Å². The van der Waals surface area contributed by atoms with Gasteiger partial charge in [0.2, 0.25) is 5.78 Å². The molecule has 1 saturated heterocycles. The van der Waals surface area contributed by atoms with E-state index in [9.17, 15) is 14.0 Å². The van der Waals surface area contributed by atoms with Crippen LogP contribution in [0.1, 0.15) is 40.0 Å².